The highest BCUT2D eigenvalue weighted by Crippen LogP contribution is 2.28. The molecule has 1 unspecified atom stereocenters. The van der Waals surface area contributed by atoms with Crippen molar-refractivity contribution in [2.75, 3.05) is 31.1 Å². The smallest absolute Gasteiger partial charge is 0.341 e. The molecular weight excluding hydrogens is 472 g/mol. The van der Waals surface area contributed by atoms with Gasteiger partial charge in [-0.1, -0.05) is 6.08 Å². The van der Waals surface area contributed by atoms with E-state index in [-0.39, 0.29) is 35.3 Å². The van der Waals surface area contributed by atoms with Crippen LogP contribution in [-0.4, -0.2) is 68.7 Å². The van der Waals surface area contributed by atoms with E-state index in [0.717, 1.165) is 0 Å². The largest absolute Gasteiger partial charge is 0.477 e. The minimum atomic E-state index is -1.31. The van der Waals surface area contributed by atoms with Crippen molar-refractivity contribution in [1.29, 1.82) is 0 Å². The second kappa shape index (κ2) is 9.04. The highest BCUT2D eigenvalue weighted by molar-refractivity contribution is 7.12. The fourth-order valence-electron chi connectivity index (χ4n) is 4.09. The monoisotopic (exact) mass is 494 g/mol. The Bertz CT molecular complexity index is 1440. The van der Waals surface area contributed by atoms with Gasteiger partial charge in [-0.15, -0.1) is 11.3 Å². The molecule has 35 heavy (non-hydrogen) atoms. The van der Waals surface area contributed by atoms with Gasteiger partial charge in [0, 0.05) is 43.3 Å². The van der Waals surface area contributed by atoms with E-state index in [9.17, 15) is 24.6 Å². The quantitative estimate of drug-likeness (QED) is 0.475. The molecule has 5 heterocycles. The number of carboxylic acid groups (broad SMARTS) is 1. The van der Waals surface area contributed by atoms with E-state index in [4.69, 9.17) is 0 Å². The average molecular weight is 495 g/mol. The van der Waals surface area contributed by atoms with Gasteiger partial charge in [0.1, 0.15) is 17.2 Å². The number of rotatable bonds is 5. The van der Waals surface area contributed by atoms with Gasteiger partial charge in [0.05, 0.1) is 17.9 Å². The zero-order valence-electron chi connectivity index (χ0n) is 18.7. The van der Waals surface area contributed by atoms with E-state index in [0.29, 0.717) is 47.6 Å². The summed E-state index contributed by atoms with van der Waals surface area (Å²) in [6, 6.07) is 1.73. The van der Waals surface area contributed by atoms with Crippen molar-refractivity contribution in [2.24, 2.45) is 16.8 Å². The molecule has 0 radical (unpaired) electrons. The minimum absolute atomic E-state index is 0.0188. The molecule has 3 N–H and O–H groups in total. The Morgan fingerprint density at radius 1 is 1.31 bits per heavy atom. The molecule has 1 amide bonds. The Morgan fingerprint density at radius 3 is 2.74 bits per heavy atom. The molecule has 3 aromatic rings. The lowest BCUT2D eigenvalue weighted by molar-refractivity contribution is -0.124. The van der Waals surface area contributed by atoms with Crippen LogP contribution >= 0.6 is 11.3 Å². The van der Waals surface area contributed by atoms with Gasteiger partial charge in [0.2, 0.25) is 11.3 Å². The number of carbonyl (C=O) groups excluding carboxylic acids is 1. The maximum atomic E-state index is 12.9. The van der Waals surface area contributed by atoms with E-state index >= 15 is 0 Å². The van der Waals surface area contributed by atoms with Gasteiger partial charge in [-0.05, 0) is 24.6 Å². The van der Waals surface area contributed by atoms with Crippen LogP contribution in [0.25, 0.3) is 16.2 Å². The molecule has 0 spiro atoms. The number of amidine groups is 1. The minimum Gasteiger partial charge on any atom is -0.477 e. The van der Waals surface area contributed by atoms with Crippen LogP contribution in [0.1, 0.15) is 15.9 Å². The second-order valence-corrected chi connectivity index (χ2v) is 9.35. The Balaban J connectivity index is 1.40. The normalized spacial score (nSPS) is 17.8. The maximum absolute atomic E-state index is 12.9. The zero-order chi connectivity index (χ0) is 24.7. The lowest BCUT2D eigenvalue weighted by atomic mass is 9.98. The summed E-state index contributed by atoms with van der Waals surface area (Å²) < 4.78 is 1.53. The number of dihydropyridines is 1. The molecule has 11 nitrogen and oxygen atoms in total. The molecule has 2 aliphatic heterocycles. The summed E-state index contributed by atoms with van der Waals surface area (Å²) in [6.07, 6.45) is 6.38. The number of carboxylic acids is 1. The average Bonchev–Trinajstić information content (AvgIpc) is 3.33. The summed E-state index contributed by atoms with van der Waals surface area (Å²) in [4.78, 5) is 52.3. The predicted molar refractivity (Wildman–Crippen MR) is 131 cm³/mol. The predicted octanol–water partition coefficient (Wildman–Crippen LogP) is 0.978. The van der Waals surface area contributed by atoms with Gasteiger partial charge >= 0.3 is 5.97 Å². The highest BCUT2D eigenvalue weighted by Gasteiger charge is 2.34. The Kier molecular flexibility index (Phi) is 5.91. The number of thiazole rings is 1. The highest BCUT2D eigenvalue weighted by atomic mass is 32.1. The summed E-state index contributed by atoms with van der Waals surface area (Å²) in [5.74, 6) is -0.658. The van der Waals surface area contributed by atoms with Gasteiger partial charge < -0.3 is 20.4 Å². The lowest BCUT2D eigenvalue weighted by Crippen LogP contribution is -2.55. The van der Waals surface area contributed by atoms with E-state index in [1.54, 1.807) is 30.6 Å². The number of aliphatic hydroxyl groups excluding tert-OH is 1. The van der Waals surface area contributed by atoms with Crippen molar-refractivity contribution in [3.05, 3.63) is 57.3 Å². The zero-order valence-corrected chi connectivity index (χ0v) is 19.5. The molecule has 180 valence electrons. The number of aliphatic hydroxyl groups is 1. The summed E-state index contributed by atoms with van der Waals surface area (Å²) in [5, 5.41) is 24.0. The molecule has 12 heteroatoms. The van der Waals surface area contributed by atoms with Crippen LogP contribution in [-0.2, 0) is 4.79 Å². The first-order chi connectivity index (χ1) is 16.9. The molecule has 0 aromatic carbocycles. The van der Waals surface area contributed by atoms with E-state index < -0.39 is 11.4 Å². The van der Waals surface area contributed by atoms with Crippen LogP contribution in [0.2, 0.25) is 0 Å². The number of nitrogens with one attached hydrogen (secondary N) is 1. The van der Waals surface area contributed by atoms with E-state index in [1.807, 2.05) is 11.0 Å². The van der Waals surface area contributed by atoms with E-state index in [2.05, 4.69) is 20.3 Å². The number of anilines is 1. The number of aromatic carboxylic acids is 1. The summed E-state index contributed by atoms with van der Waals surface area (Å²) in [6.45, 7) is 3.07. The molecule has 0 saturated carbocycles. The van der Waals surface area contributed by atoms with Crippen LogP contribution in [0.4, 0.5) is 5.82 Å². The molecule has 5 rings (SSSR count). The fourth-order valence-corrected chi connectivity index (χ4v) is 4.71. The number of hydrogen-bond acceptors (Lipinski definition) is 9. The third-order valence-electron chi connectivity index (χ3n) is 6.08. The molecular formula is C23H22N6O5S. The molecule has 3 aromatic heterocycles. The SMILES string of the molecule is Cc1cc(N2CC(C(=O)NC3=NCC(CO)C=C3)C2)nc2c1c(=O)c(C(=O)O)cn2-c1nccs1. The van der Waals surface area contributed by atoms with E-state index in [1.165, 1.54) is 22.1 Å². The first-order valence-electron chi connectivity index (χ1n) is 10.9. The Morgan fingerprint density at radius 2 is 2.11 bits per heavy atom. The number of aliphatic imine (C=N–C) groups is 1. The van der Waals surface area contributed by atoms with Gasteiger partial charge in [0.25, 0.3) is 0 Å². The molecule has 1 atom stereocenters. The van der Waals surface area contributed by atoms with Gasteiger partial charge in [-0.2, -0.15) is 0 Å². The van der Waals surface area contributed by atoms with Crippen molar-refractivity contribution < 1.29 is 19.8 Å². The van der Waals surface area contributed by atoms with Crippen molar-refractivity contribution in [3.8, 4) is 5.13 Å². The van der Waals surface area contributed by atoms with Crippen LogP contribution in [0.3, 0.4) is 0 Å². The Labute approximate surface area is 203 Å². The third-order valence-corrected chi connectivity index (χ3v) is 6.85. The Hall–Kier alpha value is -3.90. The third kappa shape index (κ3) is 4.21. The van der Waals surface area contributed by atoms with Crippen molar-refractivity contribution in [1.82, 2.24) is 19.9 Å². The summed E-state index contributed by atoms with van der Waals surface area (Å²) in [7, 11) is 0. The maximum Gasteiger partial charge on any atom is 0.341 e. The number of pyridine rings is 2. The molecule has 1 fully saturated rings. The first kappa shape index (κ1) is 22.9. The summed E-state index contributed by atoms with van der Waals surface area (Å²) in [5.41, 5.74) is -0.0343. The first-order valence-corrected chi connectivity index (χ1v) is 11.8. The van der Waals surface area contributed by atoms with Crippen molar-refractivity contribution >= 4 is 45.9 Å². The second-order valence-electron chi connectivity index (χ2n) is 8.48. The van der Waals surface area contributed by atoms with Crippen molar-refractivity contribution in [2.45, 2.75) is 6.92 Å². The standard InChI is InChI=1S/C23H22N6O5S/c1-12-6-17(28-8-14(9-28)21(32)26-16-3-2-13(11-30)7-25-16)27-20-18(12)19(31)15(22(33)34)10-29(20)23-24-4-5-35-23/h2-6,10,13-14,30H,7-9,11H2,1H3,(H,33,34)(H,25,26,32). The number of nitrogens with zero attached hydrogens (tertiary/aromatic N) is 5. The number of carbonyl (C=O) groups is 2. The van der Waals surface area contributed by atoms with Gasteiger partial charge in [-0.25, -0.2) is 14.8 Å². The van der Waals surface area contributed by atoms with Crippen LogP contribution in [0, 0.1) is 18.8 Å². The number of fused-ring (bicyclic) bond motifs is 1. The van der Waals surface area contributed by atoms with Gasteiger partial charge in [-0.3, -0.25) is 19.1 Å². The molecule has 1 saturated heterocycles. The molecule has 0 aliphatic carbocycles. The van der Waals surface area contributed by atoms with Gasteiger partial charge in [0.15, 0.2) is 10.8 Å². The summed E-state index contributed by atoms with van der Waals surface area (Å²) >= 11 is 1.30. The number of aromatic nitrogens is 3. The number of hydrogen-bond donors (Lipinski definition) is 3. The molecule has 0 bridgehead atoms. The molecule has 2 aliphatic rings. The van der Waals surface area contributed by atoms with Crippen LogP contribution in [0.15, 0.2) is 45.8 Å². The fraction of sp³-hybridized carbons (Fsp3) is 0.304. The van der Waals surface area contributed by atoms with Crippen LogP contribution in [0.5, 0.6) is 0 Å². The van der Waals surface area contributed by atoms with Crippen molar-refractivity contribution in [3.63, 3.8) is 0 Å². The number of aryl methyl sites for hydroxylation is 1. The topological polar surface area (TPSA) is 150 Å². The lowest BCUT2D eigenvalue weighted by Gasteiger charge is -2.39. The van der Waals surface area contributed by atoms with Crippen LogP contribution < -0.4 is 15.6 Å². The number of amides is 1.